The van der Waals surface area contributed by atoms with Crippen molar-refractivity contribution in [3.63, 3.8) is 0 Å². The van der Waals surface area contributed by atoms with Gasteiger partial charge in [-0.05, 0) is 38.1 Å². The Balaban J connectivity index is 1.99. The molecule has 1 aliphatic rings. The Labute approximate surface area is 117 Å². The molecule has 0 amide bonds. The molecular formula is C16H27N3. The summed E-state index contributed by atoms with van der Waals surface area (Å²) < 4.78 is 0. The fourth-order valence-corrected chi connectivity index (χ4v) is 3.21. The molecule has 0 aromatic carbocycles. The first-order chi connectivity index (χ1) is 9.31. The van der Waals surface area contributed by atoms with Gasteiger partial charge in [0.05, 0.1) is 0 Å². The largest absolute Gasteiger partial charge is 0.313 e. The zero-order valence-corrected chi connectivity index (χ0v) is 12.3. The standard InChI is InChI=1S/C16H27N3/c1-3-18-15-9-5-4-6-10-16(15)19(2)13-14-8-7-11-17-12-14/h7-8,11-12,15-16,18H,3-6,9-10,13H2,1-2H3. The van der Waals surface area contributed by atoms with Crippen LogP contribution in [0.4, 0.5) is 0 Å². The number of nitrogens with one attached hydrogen (secondary N) is 1. The summed E-state index contributed by atoms with van der Waals surface area (Å²) in [5, 5.41) is 3.68. The summed E-state index contributed by atoms with van der Waals surface area (Å²) in [6.07, 6.45) is 10.6. The zero-order chi connectivity index (χ0) is 13.5. The predicted octanol–water partition coefficient (Wildman–Crippen LogP) is 2.82. The van der Waals surface area contributed by atoms with E-state index in [-0.39, 0.29) is 0 Å². The average Bonchev–Trinajstić information content (AvgIpc) is 2.66. The fourth-order valence-electron chi connectivity index (χ4n) is 3.21. The number of pyridine rings is 1. The minimum Gasteiger partial charge on any atom is -0.313 e. The maximum Gasteiger partial charge on any atom is 0.0312 e. The highest BCUT2D eigenvalue weighted by atomic mass is 15.2. The lowest BCUT2D eigenvalue weighted by Gasteiger charge is -2.34. The molecule has 0 radical (unpaired) electrons. The molecule has 3 heteroatoms. The van der Waals surface area contributed by atoms with Gasteiger partial charge in [-0.15, -0.1) is 0 Å². The Bertz CT molecular complexity index is 352. The van der Waals surface area contributed by atoms with Gasteiger partial charge in [-0.25, -0.2) is 0 Å². The Kier molecular flexibility index (Phi) is 5.80. The molecule has 1 aliphatic carbocycles. The average molecular weight is 261 g/mol. The van der Waals surface area contributed by atoms with Crippen LogP contribution < -0.4 is 5.32 Å². The molecule has 106 valence electrons. The Morgan fingerprint density at radius 1 is 1.32 bits per heavy atom. The third-order valence-electron chi connectivity index (χ3n) is 4.17. The van der Waals surface area contributed by atoms with E-state index in [0.29, 0.717) is 12.1 Å². The molecule has 1 saturated carbocycles. The molecule has 0 spiro atoms. The van der Waals surface area contributed by atoms with Crippen LogP contribution in [0.2, 0.25) is 0 Å². The van der Waals surface area contributed by atoms with Gasteiger partial charge in [0, 0.05) is 31.0 Å². The molecule has 0 saturated heterocycles. The van der Waals surface area contributed by atoms with Crippen molar-refractivity contribution in [2.75, 3.05) is 13.6 Å². The van der Waals surface area contributed by atoms with Crippen molar-refractivity contribution in [3.8, 4) is 0 Å². The maximum atomic E-state index is 4.21. The van der Waals surface area contributed by atoms with Gasteiger partial charge < -0.3 is 5.32 Å². The van der Waals surface area contributed by atoms with E-state index in [0.717, 1.165) is 13.1 Å². The van der Waals surface area contributed by atoms with Gasteiger partial charge in [0.1, 0.15) is 0 Å². The lowest BCUT2D eigenvalue weighted by atomic mass is 10.0. The molecule has 1 fully saturated rings. The molecule has 2 unspecified atom stereocenters. The monoisotopic (exact) mass is 261 g/mol. The highest BCUT2D eigenvalue weighted by Crippen LogP contribution is 2.23. The van der Waals surface area contributed by atoms with Gasteiger partial charge >= 0.3 is 0 Å². The van der Waals surface area contributed by atoms with E-state index in [1.807, 2.05) is 18.5 Å². The third-order valence-corrected chi connectivity index (χ3v) is 4.17. The topological polar surface area (TPSA) is 28.2 Å². The van der Waals surface area contributed by atoms with E-state index in [9.17, 15) is 0 Å². The molecule has 3 nitrogen and oxygen atoms in total. The van der Waals surface area contributed by atoms with Gasteiger partial charge in [-0.2, -0.15) is 0 Å². The minimum absolute atomic E-state index is 0.647. The first-order valence-corrected chi connectivity index (χ1v) is 7.63. The smallest absolute Gasteiger partial charge is 0.0312 e. The number of hydrogen-bond acceptors (Lipinski definition) is 3. The minimum atomic E-state index is 0.647. The normalized spacial score (nSPS) is 24.4. The van der Waals surface area contributed by atoms with Crippen LogP contribution in [-0.2, 0) is 6.54 Å². The number of nitrogens with zero attached hydrogens (tertiary/aromatic N) is 2. The quantitative estimate of drug-likeness (QED) is 0.826. The van der Waals surface area contributed by atoms with Crippen molar-refractivity contribution in [3.05, 3.63) is 30.1 Å². The lowest BCUT2D eigenvalue weighted by molar-refractivity contribution is 0.175. The molecule has 1 heterocycles. The number of hydrogen-bond donors (Lipinski definition) is 1. The van der Waals surface area contributed by atoms with Crippen molar-refractivity contribution in [2.45, 2.75) is 57.7 Å². The second kappa shape index (κ2) is 7.61. The van der Waals surface area contributed by atoms with E-state index < -0.39 is 0 Å². The maximum absolute atomic E-state index is 4.21. The second-order valence-corrected chi connectivity index (χ2v) is 5.65. The number of likely N-dealkylation sites (N-methyl/N-ethyl adjacent to an activating group) is 2. The van der Waals surface area contributed by atoms with Crippen LogP contribution in [0.3, 0.4) is 0 Å². The molecule has 1 aromatic rings. The Morgan fingerprint density at radius 2 is 2.16 bits per heavy atom. The first kappa shape index (κ1) is 14.5. The molecule has 0 bridgehead atoms. The summed E-state index contributed by atoms with van der Waals surface area (Å²) in [6.45, 7) is 4.28. The SMILES string of the molecule is CCNC1CCCCCC1N(C)Cc1cccnc1. The van der Waals surface area contributed by atoms with Crippen LogP contribution in [0.15, 0.2) is 24.5 Å². The highest BCUT2D eigenvalue weighted by Gasteiger charge is 2.26. The summed E-state index contributed by atoms with van der Waals surface area (Å²) in [5.41, 5.74) is 1.31. The summed E-state index contributed by atoms with van der Waals surface area (Å²) in [5.74, 6) is 0. The number of rotatable bonds is 5. The van der Waals surface area contributed by atoms with E-state index in [1.54, 1.807) is 0 Å². The van der Waals surface area contributed by atoms with Crippen molar-refractivity contribution < 1.29 is 0 Å². The highest BCUT2D eigenvalue weighted by molar-refractivity contribution is 5.08. The van der Waals surface area contributed by atoms with E-state index in [4.69, 9.17) is 0 Å². The molecule has 1 aromatic heterocycles. The van der Waals surface area contributed by atoms with Crippen LogP contribution in [0.1, 0.15) is 44.6 Å². The fraction of sp³-hybridized carbons (Fsp3) is 0.688. The summed E-state index contributed by atoms with van der Waals surface area (Å²) in [4.78, 5) is 6.72. The molecule has 0 aliphatic heterocycles. The van der Waals surface area contributed by atoms with Gasteiger partial charge in [-0.3, -0.25) is 9.88 Å². The Hall–Kier alpha value is -0.930. The van der Waals surface area contributed by atoms with E-state index >= 15 is 0 Å². The van der Waals surface area contributed by atoms with Gasteiger partial charge in [0.15, 0.2) is 0 Å². The molecule has 2 rings (SSSR count). The van der Waals surface area contributed by atoms with Crippen LogP contribution in [0, 0.1) is 0 Å². The third kappa shape index (κ3) is 4.29. The van der Waals surface area contributed by atoms with E-state index in [1.165, 1.54) is 37.7 Å². The summed E-state index contributed by atoms with van der Waals surface area (Å²) in [7, 11) is 2.26. The van der Waals surface area contributed by atoms with E-state index in [2.05, 4.69) is 35.2 Å². The van der Waals surface area contributed by atoms with Crippen LogP contribution in [0.5, 0.6) is 0 Å². The van der Waals surface area contributed by atoms with Crippen LogP contribution >= 0.6 is 0 Å². The first-order valence-electron chi connectivity index (χ1n) is 7.63. The van der Waals surface area contributed by atoms with Crippen LogP contribution in [0.25, 0.3) is 0 Å². The Morgan fingerprint density at radius 3 is 2.89 bits per heavy atom. The second-order valence-electron chi connectivity index (χ2n) is 5.65. The van der Waals surface area contributed by atoms with Crippen LogP contribution in [-0.4, -0.2) is 35.6 Å². The molecular weight excluding hydrogens is 234 g/mol. The summed E-state index contributed by atoms with van der Waals surface area (Å²) >= 11 is 0. The lowest BCUT2D eigenvalue weighted by Crippen LogP contribution is -2.47. The predicted molar refractivity (Wildman–Crippen MR) is 80.0 cm³/mol. The van der Waals surface area contributed by atoms with Gasteiger partial charge in [0.2, 0.25) is 0 Å². The molecule has 1 N–H and O–H groups in total. The molecule has 2 atom stereocenters. The van der Waals surface area contributed by atoms with Crippen molar-refractivity contribution in [2.24, 2.45) is 0 Å². The number of aromatic nitrogens is 1. The van der Waals surface area contributed by atoms with Gasteiger partial charge in [-0.1, -0.05) is 32.3 Å². The van der Waals surface area contributed by atoms with Crippen molar-refractivity contribution in [1.29, 1.82) is 0 Å². The van der Waals surface area contributed by atoms with Crippen molar-refractivity contribution >= 4 is 0 Å². The van der Waals surface area contributed by atoms with Gasteiger partial charge in [0.25, 0.3) is 0 Å². The van der Waals surface area contributed by atoms with Crippen molar-refractivity contribution in [1.82, 2.24) is 15.2 Å². The molecule has 19 heavy (non-hydrogen) atoms. The summed E-state index contributed by atoms with van der Waals surface area (Å²) in [6, 6.07) is 5.50. The zero-order valence-electron chi connectivity index (χ0n) is 12.3.